The monoisotopic (exact) mass is 303 g/mol. The summed E-state index contributed by atoms with van der Waals surface area (Å²) in [4.78, 5) is 9.08. The van der Waals surface area contributed by atoms with Crippen molar-refractivity contribution in [2.45, 2.75) is 0 Å². The van der Waals surface area contributed by atoms with E-state index >= 15 is 0 Å². The average molecular weight is 304 g/mol. The summed E-state index contributed by atoms with van der Waals surface area (Å²) in [7, 11) is 0. The lowest BCUT2D eigenvalue weighted by Gasteiger charge is -2.36. The SMILES string of the molecule is NNc1cccc(N2CCN(c3cccc(Cl)c3)CC2)n1. The van der Waals surface area contributed by atoms with Crippen LogP contribution in [0.4, 0.5) is 17.3 Å². The summed E-state index contributed by atoms with van der Waals surface area (Å²) >= 11 is 6.06. The normalized spacial score (nSPS) is 15.1. The molecule has 3 N–H and O–H groups in total. The van der Waals surface area contributed by atoms with Gasteiger partial charge in [-0.15, -0.1) is 0 Å². The molecule has 6 heteroatoms. The highest BCUT2D eigenvalue weighted by atomic mass is 35.5. The molecule has 0 amide bonds. The van der Waals surface area contributed by atoms with E-state index in [-0.39, 0.29) is 0 Å². The lowest BCUT2D eigenvalue weighted by atomic mass is 10.2. The van der Waals surface area contributed by atoms with E-state index in [4.69, 9.17) is 17.4 Å². The van der Waals surface area contributed by atoms with Gasteiger partial charge in [-0.05, 0) is 30.3 Å². The van der Waals surface area contributed by atoms with Crippen molar-refractivity contribution in [3.8, 4) is 0 Å². The molecule has 0 atom stereocenters. The number of nitrogens with one attached hydrogen (secondary N) is 1. The summed E-state index contributed by atoms with van der Waals surface area (Å²) in [6, 6.07) is 13.8. The Balaban J connectivity index is 1.67. The molecule has 5 nitrogen and oxygen atoms in total. The molecular formula is C15H18ClN5. The van der Waals surface area contributed by atoms with Gasteiger partial charge in [-0.1, -0.05) is 23.7 Å². The number of anilines is 3. The molecule has 1 aliphatic rings. The molecule has 0 radical (unpaired) electrons. The Morgan fingerprint density at radius 3 is 2.43 bits per heavy atom. The summed E-state index contributed by atoms with van der Waals surface area (Å²) < 4.78 is 0. The summed E-state index contributed by atoms with van der Waals surface area (Å²) in [6.07, 6.45) is 0. The second-order valence-electron chi connectivity index (χ2n) is 4.98. The Morgan fingerprint density at radius 1 is 1.00 bits per heavy atom. The van der Waals surface area contributed by atoms with Crippen molar-refractivity contribution in [1.29, 1.82) is 0 Å². The maximum absolute atomic E-state index is 6.06. The molecule has 110 valence electrons. The molecule has 0 unspecified atom stereocenters. The van der Waals surface area contributed by atoms with E-state index in [1.807, 2.05) is 36.4 Å². The number of rotatable bonds is 3. The molecule has 21 heavy (non-hydrogen) atoms. The van der Waals surface area contributed by atoms with Crippen LogP contribution in [0.25, 0.3) is 0 Å². The number of nitrogen functional groups attached to an aromatic ring is 1. The Labute approximate surface area is 129 Å². The Hall–Kier alpha value is -1.98. The van der Waals surface area contributed by atoms with Gasteiger partial charge in [0.1, 0.15) is 11.6 Å². The van der Waals surface area contributed by atoms with Crippen LogP contribution in [0.5, 0.6) is 0 Å². The van der Waals surface area contributed by atoms with Gasteiger partial charge in [-0.2, -0.15) is 0 Å². The van der Waals surface area contributed by atoms with Gasteiger partial charge < -0.3 is 15.2 Å². The second-order valence-corrected chi connectivity index (χ2v) is 5.42. The number of benzene rings is 1. The van der Waals surface area contributed by atoms with E-state index < -0.39 is 0 Å². The van der Waals surface area contributed by atoms with Gasteiger partial charge in [0.2, 0.25) is 0 Å². The lowest BCUT2D eigenvalue weighted by Crippen LogP contribution is -2.46. The van der Waals surface area contributed by atoms with Crippen LogP contribution >= 0.6 is 11.6 Å². The van der Waals surface area contributed by atoms with Crippen LogP contribution in [0.15, 0.2) is 42.5 Å². The predicted molar refractivity (Wildman–Crippen MR) is 87.9 cm³/mol. The zero-order valence-electron chi connectivity index (χ0n) is 11.7. The van der Waals surface area contributed by atoms with Crippen molar-refractivity contribution in [3.05, 3.63) is 47.5 Å². The van der Waals surface area contributed by atoms with Crippen molar-refractivity contribution in [2.75, 3.05) is 41.4 Å². The molecule has 0 aliphatic carbocycles. The van der Waals surface area contributed by atoms with Crippen LogP contribution in [0.1, 0.15) is 0 Å². The van der Waals surface area contributed by atoms with Crippen molar-refractivity contribution in [2.24, 2.45) is 5.84 Å². The predicted octanol–water partition coefficient (Wildman–Crippen LogP) is 2.35. The minimum Gasteiger partial charge on any atom is -0.368 e. The van der Waals surface area contributed by atoms with Gasteiger partial charge in [0.25, 0.3) is 0 Å². The van der Waals surface area contributed by atoms with Crippen molar-refractivity contribution < 1.29 is 0 Å². The largest absolute Gasteiger partial charge is 0.368 e. The average Bonchev–Trinajstić information content (AvgIpc) is 2.55. The van der Waals surface area contributed by atoms with Gasteiger partial charge in [0, 0.05) is 36.9 Å². The van der Waals surface area contributed by atoms with Crippen molar-refractivity contribution >= 4 is 28.9 Å². The van der Waals surface area contributed by atoms with E-state index in [1.54, 1.807) is 0 Å². The summed E-state index contributed by atoms with van der Waals surface area (Å²) in [5.41, 5.74) is 3.76. The third-order valence-electron chi connectivity index (χ3n) is 3.66. The number of hydrazine groups is 1. The van der Waals surface area contributed by atoms with Gasteiger partial charge in [-0.3, -0.25) is 0 Å². The number of hydrogen-bond donors (Lipinski definition) is 2. The highest BCUT2D eigenvalue weighted by molar-refractivity contribution is 6.30. The Bertz CT molecular complexity index is 611. The summed E-state index contributed by atoms with van der Waals surface area (Å²) in [5.74, 6) is 7.05. The first-order chi connectivity index (χ1) is 10.3. The van der Waals surface area contributed by atoms with Crippen LogP contribution in [-0.4, -0.2) is 31.2 Å². The fraction of sp³-hybridized carbons (Fsp3) is 0.267. The van der Waals surface area contributed by atoms with Crippen LogP contribution < -0.4 is 21.1 Å². The zero-order chi connectivity index (χ0) is 14.7. The minimum absolute atomic E-state index is 0.685. The molecule has 2 heterocycles. The highest BCUT2D eigenvalue weighted by Crippen LogP contribution is 2.22. The van der Waals surface area contributed by atoms with Crippen molar-refractivity contribution in [1.82, 2.24) is 4.98 Å². The second kappa shape index (κ2) is 6.20. The summed E-state index contributed by atoms with van der Waals surface area (Å²) in [5, 5.41) is 0.776. The van der Waals surface area contributed by atoms with E-state index in [9.17, 15) is 0 Å². The fourth-order valence-electron chi connectivity index (χ4n) is 2.55. The van der Waals surface area contributed by atoms with Crippen LogP contribution in [0.3, 0.4) is 0 Å². The zero-order valence-corrected chi connectivity index (χ0v) is 12.4. The highest BCUT2D eigenvalue weighted by Gasteiger charge is 2.18. The Morgan fingerprint density at radius 2 is 1.71 bits per heavy atom. The summed E-state index contributed by atoms with van der Waals surface area (Å²) in [6.45, 7) is 3.74. The number of pyridine rings is 1. The molecule has 0 saturated carbocycles. The molecule has 1 aromatic carbocycles. The number of nitrogens with two attached hydrogens (primary N) is 1. The first-order valence-electron chi connectivity index (χ1n) is 6.95. The molecule has 1 saturated heterocycles. The number of aromatic nitrogens is 1. The number of hydrogen-bond acceptors (Lipinski definition) is 5. The molecule has 0 spiro atoms. The van der Waals surface area contributed by atoms with Crippen LogP contribution in [0, 0.1) is 0 Å². The van der Waals surface area contributed by atoms with Crippen LogP contribution in [-0.2, 0) is 0 Å². The molecule has 2 aromatic rings. The third-order valence-corrected chi connectivity index (χ3v) is 3.89. The van der Waals surface area contributed by atoms with Gasteiger partial charge in [-0.25, -0.2) is 10.8 Å². The number of piperazine rings is 1. The molecule has 1 aromatic heterocycles. The number of nitrogens with zero attached hydrogens (tertiary/aromatic N) is 3. The first kappa shape index (κ1) is 14.0. The maximum Gasteiger partial charge on any atom is 0.142 e. The van der Waals surface area contributed by atoms with E-state index in [0.29, 0.717) is 5.82 Å². The Kier molecular flexibility index (Phi) is 4.13. The minimum atomic E-state index is 0.685. The molecule has 0 bridgehead atoms. The van der Waals surface area contributed by atoms with E-state index in [1.165, 1.54) is 5.69 Å². The molecular weight excluding hydrogens is 286 g/mol. The maximum atomic E-state index is 6.06. The quantitative estimate of drug-likeness (QED) is 0.673. The fourth-order valence-corrected chi connectivity index (χ4v) is 2.73. The standard InChI is InChI=1S/C15H18ClN5/c16-12-3-1-4-13(11-12)20-7-9-21(10-8-20)15-6-2-5-14(18-15)19-17/h1-6,11H,7-10,17H2,(H,18,19). The smallest absolute Gasteiger partial charge is 0.142 e. The molecule has 1 aliphatic heterocycles. The van der Waals surface area contributed by atoms with Gasteiger partial charge in [0.05, 0.1) is 0 Å². The van der Waals surface area contributed by atoms with Crippen LogP contribution in [0.2, 0.25) is 5.02 Å². The first-order valence-corrected chi connectivity index (χ1v) is 7.33. The third kappa shape index (κ3) is 3.20. The van der Waals surface area contributed by atoms with E-state index in [0.717, 1.165) is 37.0 Å². The van der Waals surface area contributed by atoms with Gasteiger partial charge >= 0.3 is 0 Å². The van der Waals surface area contributed by atoms with Crippen molar-refractivity contribution in [3.63, 3.8) is 0 Å². The lowest BCUT2D eigenvalue weighted by molar-refractivity contribution is 0.648. The topological polar surface area (TPSA) is 57.4 Å². The van der Waals surface area contributed by atoms with Gasteiger partial charge in [0.15, 0.2) is 0 Å². The molecule has 1 fully saturated rings. The molecule has 3 rings (SSSR count). The number of halogens is 1. The van der Waals surface area contributed by atoms with E-state index in [2.05, 4.69) is 26.3 Å².